The Bertz CT molecular complexity index is 980. The lowest BCUT2D eigenvalue weighted by molar-refractivity contribution is -0.127. The normalized spacial score (nSPS) is 29.5. The van der Waals surface area contributed by atoms with E-state index < -0.39 is 40.9 Å². The summed E-state index contributed by atoms with van der Waals surface area (Å²) in [4.78, 5) is 39.4. The van der Waals surface area contributed by atoms with Crippen LogP contribution in [0.15, 0.2) is 34.9 Å². The minimum absolute atomic E-state index is 0.144. The van der Waals surface area contributed by atoms with Gasteiger partial charge in [0.1, 0.15) is 22.8 Å². The Morgan fingerprint density at radius 1 is 1.25 bits per heavy atom. The number of aliphatic hydroxyl groups excluding tert-OH is 2. The van der Waals surface area contributed by atoms with Crippen molar-refractivity contribution in [3.05, 3.63) is 46.2 Å². The molecule has 4 atom stereocenters. The predicted octanol–water partition coefficient (Wildman–Crippen LogP) is 0.0901. The molecule has 0 aliphatic heterocycles. The molecule has 3 aliphatic rings. The molecule has 1 amide bonds. The molecule has 3 unspecified atom stereocenters. The van der Waals surface area contributed by atoms with E-state index in [0.29, 0.717) is 12.8 Å². The molecule has 1 aromatic heterocycles. The van der Waals surface area contributed by atoms with Gasteiger partial charge < -0.3 is 15.9 Å². The molecule has 28 heavy (non-hydrogen) atoms. The van der Waals surface area contributed by atoms with Crippen molar-refractivity contribution >= 4 is 17.5 Å². The average molecular weight is 384 g/mol. The van der Waals surface area contributed by atoms with Crippen LogP contribution in [0.1, 0.15) is 22.5 Å². The topological polar surface area (TPSA) is 147 Å². The summed E-state index contributed by atoms with van der Waals surface area (Å²) in [7, 11) is 3.42. The van der Waals surface area contributed by atoms with Crippen molar-refractivity contribution in [1.29, 1.82) is 0 Å². The standard InChI is InChI=1S/C19H20N4O5/c1-23(2)14-9-6-8-5-7-3-4-21-22-13(7)17(26)10(8)15(24)11(9)16(25)12(18(14)27)19(20)28/h3-4,8-9,11,14,24,27H,5-6H2,1-2H3,(H2,20,28)/t8?,9?,11?,14-/m0/s1. The molecule has 1 heterocycles. The monoisotopic (exact) mass is 384 g/mol. The number of rotatable bonds is 2. The van der Waals surface area contributed by atoms with E-state index in [0.717, 1.165) is 5.56 Å². The van der Waals surface area contributed by atoms with Crippen molar-refractivity contribution in [3.8, 4) is 0 Å². The molecule has 0 aromatic carbocycles. The van der Waals surface area contributed by atoms with Crippen LogP contribution in [0.3, 0.4) is 0 Å². The fourth-order valence-corrected chi connectivity index (χ4v) is 4.89. The molecule has 146 valence electrons. The third-order valence-corrected chi connectivity index (χ3v) is 5.97. The van der Waals surface area contributed by atoms with Crippen molar-refractivity contribution in [3.63, 3.8) is 0 Å². The van der Waals surface area contributed by atoms with Crippen LogP contribution < -0.4 is 5.73 Å². The number of nitrogens with two attached hydrogens (primary N) is 1. The van der Waals surface area contributed by atoms with Crippen molar-refractivity contribution in [2.45, 2.75) is 18.9 Å². The minimum atomic E-state index is -1.11. The molecule has 4 N–H and O–H groups in total. The second-order valence-corrected chi connectivity index (χ2v) is 7.71. The molecule has 1 aromatic rings. The first-order valence-electron chi connectivity index (χ1n) is 8.95. The lowest BCUT2D eigenvalue weighted by Crippen LogP contribution is -2.53. The van der Waals surface area contributed by atoms with E-state index in [4.69, 9.17) is 5.73 Å². The van der Waals surface area contributed by atoms with Gasteiger partial charge in [-0.25, -0.2) is 0 Å². The largest absolute Gasteiger partial charge is 0.511 e. The maximum absolute atomic E-state index is 12.9. The summed E-state index contributed by atoms with van der Waals surface area (Å²) >= 11 is 0. The number of ketones is 2. The lowest BCUT2D eigenvalue weighted by Gasteiger charge is -2.45. The van der Waals surface area contributed by atoms with Crippen LogP contribution in [0.25, 0.3) is 0 Å². The number of likely N-dealkylation sites (N-methyl/N-ethyl adjacent to an activating group) is 1. The summed E-state index contributed by atoms with van der Waals surface area (Å²) in [5, 5.41) is 29.2. The zero-order valence-corrected chi connectivity index (χ0v) is 15.4. The van der Waals surface area contributed by atoms with Gasteiger partial charge >= 0.3 is 0 Å². The maximum Gasteiger partial charge on any atom is 0.255 e. The SMILES string of the molecule is CN(C)[C@@H]1C(O)=C(C(N)=O)C(=O)C2C(O)=C3C(=O)c4nnccc4CC3CC21. The molecular weight excluding hydrogens is 364 g/mol. The Morgan fingerprint density at radius 2 is 1.96 bits per heavy atom. The van der Waals surface area contributed by atoms with Crippen molar-refractivity contribution in [2.24, 2.45) is 23.5 Å². The number of hydrogen-bond acceptors (Lipinski definition) is 8. The van der Waals surface area contributed by atoms with Gasteiger partial charge in [0.15, 0.2) is 5.78 Å². The first kappa shape index (κ1) is 18.3. The van der Waals surface area contributed by atoms with E-state index in [-0.39, 0.29) is 28.7 Å². The van der Waals surface area contributed by atoms with Crippen LogP contribution in [0.5, 0.6) is 0 Å². The minimum Gasteiger partial charge on any atom is -0.511 e. The van der Waals surface area contributed by atoms with E-state index in [2.05, 4.69) is 10.2 Å². The third kappa shape index (κ3) is 2.39. The molecule has 9 heteroatoms. The molecule has 4 rings (SSSR count). The zero-order chi connectivity index (χ0) is 20.3. The van der Waals surface area contributed by atoms with Gasteiger partial charge in [0.05, 0.1) is 12.0 Å². The Balaban J connectivity index is 1.89. The number of Topliss-reactive ketones (excluding diaryl/α,β-unsaturated/α-hetero) is 2. The highest BCUT2D eigenvalue weighted by atomic mass is 16.3. The molecule has 0 fully saturated rings. The van der Waals surface area contributed by atoms with Gasteiger partial charge in [-0.2, -0.15) is 5.10 Å². The van der Waals surface area contributed by atoms with E-state index >= 15 is 0 Å². The molecule has 3 aliphatic carbocycles. The highest BCUT2D eigenvalue weighted by Crippen LogP contribution is 2.48. The molecule has 9 nitrogen and oxygen atoms in total. The second-order valence-electron chi connectivity index (χ2n) is 7.71. The highest BCUT2D eigenvalue weighted by molar-refractivity contribution is 6.22. The van der Waals surface area contributed by atoms with Crippen LogP contribution in [0.2, 0.25) is 0 Å². The van der Waals surface area contributed by atoms with Gasteiger partial charge in [0.2, 0.25) is 5.78 Å². The van der Waals surface area contributed by atoms with Gasteiger partial charge in [-0.05, 0) is 50.4 Å². The fourth-order valence-electron chi connectivity index (χ4n) is 4.89. The molecular formula is C19H20N4O5. The van der Waals surface area contributed by atoms with Crippen LogP contribution >= 0.6 is 0 Å². The van der Waals surface area contributed by atoms with Gasteiger partial charge in [0, 0.05) is 11.8 Å². The number of fused-ring (bicyclic) bond motifs is 3. The van der Waals surface area contributed by atoms with Crippen molar-refractivity contribution in [1.82, 2.24) is 15.1 Å². The Hall–Kier alpha value is -3.07. The Labute approximate surface area is 160 Å². The van der Waals surface area contributed by atoms with Crippen LogP contribution in [0, 0.1) is 17.8 Å². The van der Waals surface area contributed by atoms with E-state index in [1.54, 1.807) is 25.1 Å². The second kappa shape index (κ2) is 6.23. The van der Waals surface area contributed by atoms with E-state index in [1.165, 1.54) is 6.20 Å². The van der Waals surface area contributed by atoms with Crippen molar-refractivity contribution in [2.75, 3.05) is 14.1 Å². The number of aromatic nitrogens is 2. The van der Waals surface area contributed by atoms with Crippen LogP contribution in [-0.2, 0) is 16.0 Å². The Morgan fingerprint density at radius 3 is 2.61 bits per heavy atom. The molecule has 0 spiro atoms. The number of carbonyl (C=O) groups excluding carboxylic acids is 3. The molecule has 0 saturated heterocycles. The van der Waals surface area contributed by atoms with E-state index in [1.807, 2.05) is 0 Å². The number of aliphatic hydroxyl groups is 2. The number of carbonyl (C=O) groups is 3. The van der Waals surface area contributed by atoms with Crippen LogP contribution in [0.4, 0.5) is 0 Å². The smallest absolute Gasteiger partial charge is 0.255 e. The summed E-state index contributed by atoms with van der Waals surface area (Å²) in [6.07, 6.45) is 2.37. The molecule has 0 bridgehead atoms. The number of amides is 1. The highest BCUT2D eigenvalue weighted by Gasteiger charge is 2.54. The zero-order valence-electron chi connectivity index (χ0n) is 15.4. The van der Waals surface area contributed by atoms with E-state index in [9.17, 15) is 24.6 Å². The van der Waals surface area contributed by atoms with Gasteiger partial charge in [-0.3, -0.25) is 19.3 Å². The maximum atomic E-state index is 12.9. The Kier molecular flexibility index (Phi) is 4.07. The first-order chi connectivity index (χ1) is 13.2. The number of allylic oxidation sites excluding steroid dienone is 2. The quantitative estimate of drug-likeness (QED) is 0.608. The summed E-state index contributed by atoms with van der Waals surface area (Å²) in [5.74, 6) is -4.93. The van der Waals surface area contributed by atoms with Gasteiger partial charge in [-0.1, -0.05) is 0 Å². The van der Waals surface area contributed by atoms with Crippen molar-refractivity contribution < 1.29 is 24.6 Å². The molecule has 0 saturated carbocycles. The number of hydrogen-bond donors (Lipinski definition) is 3. The summed E-state index contributed by atoms with van der Waals surface area (Å²) in [5.41, 5.74) is 5.85. The molecule has 0 radical (unpaired) electrons. The first-order valence-corrected chi connectivity index (χ1v) is 8.95. The number of nitrogens with zero attached hydrogens (tertiary/aromatic N) is 3. The summed E-state index contributed by atoms with van der Waals surface area (Å²) in [6, 6.07) is 1.04. The predicted molar refractivity (Wildman–Crippen MR) is 96.1 cm³/mol. The lowest BCUT2D eigenvalue weighted by atomic mass is 9.61. The number of primary amides is 1. The fraction of sp³-hybridized carbons (Fsp3) is 0.421. The van der Waals surface area contributed by atoms with Gasteiger partial charge in [-0.15, -0.1) is 5.10 Å². The average Bonchev–Trinajstić information content (AvgIpc) is 2.60. The third-order valence-electron chi connectivity index (χ3n) is 5.97. The summed E-state index contributed by atoms with van der Waals surface area (Å²) in [6.45, 7) is 0. The van der Waals surface area contributed by atoms with Crippen LogP contribution in [-0.4, -0.2) is 62.9 Å². The van der Waals surface area contributed by atoms with Gasteiger partial charge in [0.25, 0.3) is 5.91 Å². The summed E-state index contributed by atoms with van der Waals surface area (Å²) < 4.78 is 0.